The average molecular weight is 521 g/mol. The number of pyridine rings is 1. The van der Waals surface area contributed by atoms with Crippen molar-refractivity contribution in [3.8, 4) is 11.5 Å². The number of aliphatic hydroxyl groups excluding tert-OH is 1. The van der Waals surface area contributed by atoms with Gasteiger partial charge in [-0.25, -0.2) is 4.98 Å². The van der Waals surface area contributed by atoms with Gasteiger partial charge >= 0.3 is 0 Å². The van der Waals surface area contributed by atoms with Crippen LogP contribution in [0.15, 0.2) is 41.3 Å². The Morgan fingerprint density at radius 1 is 1.26 bits per heavy atom. The van der Waals surface area contributed by atoms with Crippen molar-refractivity contribution in [2.75, 3.05) is 26.7 Å². The third-order valence-electron chi connectivity index (χ3n) is 7.56. The maximum atomic E-state index is 12.9. The molecule has 9 nitrogen and oxygen atoms in total. The fraction of sp³-hybridized carbons (Fsp3) is 0.483. The minimum Gasteiger partial charge on any atom is -0.494 e. The number of fused-ring (bicyclic) bond motifs is 1. The lowest BCUT2D eigenvalue weighted by molar-refractivity contribution is 0.0839. The molecule has 1 aliphatic carbocycles. The molecule has 2 N–H and O–H groups in total. The third kappa shape index (κ3) is 6.34. The lowest BCUT2D eigenvalue weighted by Gasteiger charge is -2.30. The number of rotatable bonds is 11. The van der Waals surface area contributed by atoms with Crippen LogP contribution in [0.1, 0.15) is 57.9 Å². The largest absolute Gasteiger partial charge is 0.494 e. The minimum absolute atomic E-state index is 0.166. The summed E-state index contributed by atoms with van der Waals surface area (Å²) >= 11 is 0. The number of carbonyl (C=O) groups is 1. The zero-order valence-corrected chi connectivity index (χ0v) is 22.1. The van der Waals surface area contributed by atoms with Crippen LogP contribution >= 0.6 is 0 Å². The Balaban J connectivity index is 1.11. The van der Waals surface area contributed by atoms with Gasteiger partial charge in [0.2, 0.25) is 0 Å². The van der Waals surface area contributed by atoms with E-state index in [2.05, 4.69) is 32.3 Å². The highest BCUT2D eigenvalue weighted by molar-refractivity contribution is 5.96. The van der Waals surface area contributed by atoms with Crippen LogP contribution in [0.5, 0.6) is 11.5 Å². The lowest BCUT2D eigenvalue weighted by Crippen LogP contribution is -2.42. The second kappa shape index (κ2) is 12.0. The van der Waals surface area contributed by atoms with Gasteiger partial charge in [0.1, 0.15) is 18.1 Å². The van der Waals surface area contributed by atoms with E-state index in [1.54, 1.807) is 6.20 Å². The highest BCUT2D eigenvalue weighted by Crippen LogP contribution is 2.30. The molecule has 0 spiro atoms. The first-order chi connectivity index (χ1) is 18.5. The van der Waals surface area contributed by atoms with Crippen molar-refractivity contribution in [1.82, 2.24) is 20.2 Å². The molecule has 1 aliphatic heterocycles. The number of nitrogens with zero attached hydrogens (tertiary/aromatic N) is 3. The van der Waals surface area contributed by atoms with E-state index < -0.39 is 6.10 Å². The maximum absolute atomic E-state index is 12.9. The molecule has 9 heteroatoms. The summed E-state index contributed by atoms with van der Waals surface area (Å²) in [6.45, 7) is 4.45. The molecule has 1 atom stereocenters. The Labute approximate surface area is 223 Å². The molecule has 0 saturated heterocycles. The first-order valence-electron chi connectivity index (χ1n) is 13.3. The standard InChI is InChI=1S/C29H36N4O5/c1-19-28(38-18-32-19)17-37-25-7-6-22-15-33(9-8-21(22)11-25)16-24(34)13-31-29(35)26-12-23(10-20-4-3-5-20)30-14-27(26)36-2/h6-7,11-12,14,18,20,24,34H,3-5,8-10,13,15-17H2,1-2H3,(H,31,35)/t24-/m0/s1. The highest BCUT2D eigenvalue weighted by Gasteiger charge is 2.22. The first kappa shape index (κ1) is 26.2. The van der Waals surface area contributed by atoms with Crippen molar-refractivity contribution in [3.05, 3.63) is 70.7 Å². The molecule has 5 rings (SSSR count). The van der Waals surface area contributed by atoms with Crippen molar-refractivity contribution in [2.45, 2.75) is 58.3 Å². The van der Waals surface area contributed by atoms with E-state index in [-0.39, 0.29) is 12.5 Å². The van der Waals surface area contributed by atoms with Crippen molar-refractivity contribution in [3.63, 3.8) is 0 Å². The van der Waals surface area contributed by atoms with Gasteiger partial charge in [-0.15, -0.1) is 0 Å². The molecule has 1 saturated carbocycles. The van der Waals surface area contributed by atoms with Crippen molar-refractivity contribution in [2.24, 2.45) is 5.92 Å². The fourth-order valence-electron chi connectivity index (χ4n) is 5.05. The topological polar surface area (TPSA) is 110 Å². The summed E-state index contributed by atoms with van der Waals surface area (Å²) in [5.41, 5.74) is 4.68. The predicted octanol–water partition coefficient (Wildman–Crippen LogP) is 3.46. The number of nitrogens with one attached hydrogen (secondary N) is 1. The molecule has 3 aromatic rings. The number of methoxy groups -OCH3 is 1. The van der Waals surface area contributed by atoms with Crippen molar-refractivity contribution in [1.29, 1.82) is 0 Å². The van der Waals surface area contributed by atoms with Gasteiger partial charge in [0.05, 0.1) is 30.7 Å². The SMILES string of the molecule is COc1cnc(CC2CCC2)cc1C(=O)NC[C@H](O)CN1CCc2cc(OCc3ocnc3C)ccc2C1. The summed E-state index contributed by atoms with van der Waals surface area (Å²) in [6.07, 6.45) is 7.84. The number of carbonyl (C=O) groups excluding carboxylic acids is 1. The van der Waals surface area contributed by atoms with Gasteiger partial charge in [0.15, 0.2) is 12.2 Å². The van der Waals surface area contributed by atoms with E-state index in [4.69, 9.17) is 13.9 Å². The van der Waals surface area contributed by atoms with Crippen LogP contribution in [-0.4, -0.2) is 58.7 Å². The van der Waals surface area contributed by atoms with Gasteiger partial charge in [-0.05, 0) is 55.0 Å². The summed E-state index contributed by atoms with van der Waals surface area (Å²) < 4.78 is 16.6. The molecule has 1 fully saturated rings. The van der Waals surface area contributed by atoms with Crippen LogP contribution in [0.25, 0.3) is 0 Å². The smallest absolute Gasteiger partial charge is 0.255 e. The van der Waals surface area contributed by atoms with Gasteiger partial charge < -0.3 is 24.3 Å². The van der Waals surface area contributed by atoms with E-state index in [0.717, 1.165) is 48.8 Å². The fourth-order valence-corrected chi connectivity index (χ4v) is 5.05. The third-order valence-corrected chi connectivity index (χ3v) is 7.56. The molecule has 2 aromatic heterocycles. The number of ether oxygens (including phenoxy) is 2. The van der Waals surface area contributed by atoms with Gasteiger partial charge in [-0.3, -0.25) is 14.7 Å². The number of hydrogen-bond donors (Lipinski definition) is 2. The summed E-state index contributed by atoms with van der Waals surface area (Å²) in [6, 6.07) is 7.95. The molecule has 0 unspecified atom stereocenters. The minimum atomic E-state index is -0.685. The Morgan fingerprint density at radius 2 is 2.13 bits per heavy atom. The monoisotopic (exact) mass is 520 g/mol. The normalized spacial score (nSPS) is 16.4. The zero-order valence-electron chi connectivity index (χ0n) is 22.1. The first-order valence-corrected chi connectivity index (χ1v) is 13.3. The Morgan fingerprint density at radius 3 is 2.87 bits per heavy atom. The number of aromatic nitrogens is 2. The van der Waals surface area contributed by atoms with E-state index in [0.29, 0.717) is 30.4 Å². The van der Waals surface area contributed by atoms with E-state index in [1.165, 1.54) is 43.9 Å². The molecule has 2 aliphatic rings. The van der Waals surface area contributed by atoms with E-state index in [1.807, 2.05) is 19.1 Å². The van der Waals surface area contributed by atoms with Crippen LogP contribution in [0.2, 0.25) is 0 Å². The van der Waals surface area contributed by atoms with E-state index >= 15 is 0 Å². The summed E-state index contributed by atoms with van der Waals surface area (Å²) in [4.78, 5) is 23.7. The Bertz CT molecular complexity index is 1260. The maximum Gasteiger partial charge on any atom is 0.255 e. The Kier molecular flexibility index (Phi) is 8.24. The van der Waals surface area contributed by atoms with Gasteiger partial charge in [0, 0.05) is 31.9 Å². The number of aryl methyl sites for hydroxylation is 1. The quantitative estimate of drug-likeness (QED) is 0.396. The number of hydrogen-bond acceptors (Lipinski definition) is 8. The molecule has 3 heterocycles. The van der Waals surface area contributed by atoms with Crippen LogP contribution in [0.3, 0.4) is 0 Å². The van der Waals surface area contributed by atoms with Crippen LogP contribution < -0.4 is 14.8 Å². The second-order valence-electron chi connectivity index (χ2n) is 10.3. The van der Waals surface area contributed by atoms with Gasteiger partial charge in [-0.2, -0.15) is 0 Å². The summed E-state index contributed by atoms with van der Waals surface area (Å²) in [5.74, 6) is 2.38. The average Bonchev–Trinajstić information content (AvgIpc) is 3.32. The Hall–Kier alpha value is -3.43. The molecule has 1 aromatic carbocycles. The van der Waals surface area contributed by atoms with Crippen LogP contribution in [-0.2, 0) is 26.0 Å². The number of benzene rings is 1. The molecule has 1 amide bonds. The summed E-state index contributed by atoms with van der Waals surface area (Å²) in [5, 5.41) is 13.6. The number of amides is 1. The molecular formula is C29H36N4O5. The number of aliphatic hydroxyl groups is 1. The lowest BCUT2D eigenvalue weighted by atomic mass is 9.82. The molecular weight excluding hydrogens is 484 g/mol. The molecule has 0 radical (unpaired) electrons. The van der Waals surface area contributed by atoms with Crippen LogP contribution in [0, 0.1) is 12.8 Å². The van der Waals surface area contributed by atoms with Gasteiger partial charge in [-0.1, -0.05) is 25.3 Å². The summed E-state index contributed by atoms with van der Waals surface area (Å²) in [7, 11) is 1.54. The molecule has 38 heavy (non-hydrogen) atoms. The van der Waals surface area contributed by atoms with Gasteiger partial charge in [0.25, 0.3) is 5.91 Å². The van der Waals surface area contributed by atoms with Crippen molar-refractivity contribution < 1.29 is 23.8 Å². The van der Waals surface area contributed by atoms with Crippen molar-refractivity contribution >= 4 is 5.91 Å². The van der Waals surface area contributed by atoms with Crippen LogP contribution in [0.4, 0.5) is 0 Å². The molecule has 0 bridgehead atoms. The van der Waals surface area contributed by atoms with E-state index in [9.17, 15) is 9.90 Å². The number of oxazole rings is 1. The zero-order chi connectivity index (χ0) is 26.5. The molecule has 202 valence electrons. The number of β-amino-alcohol motifs (C(OH)–C–C–N with tert-alkyl or cyclic N) is 1. The second-order valence-corrected chi connectivity index (χ2v) is 10.3. The predicted molar refractivity (Wildman–Crippen MR) is 141 cm³/mol. The highest BCUT2D eigenvalue weighted by atomic mass is 16.5.